The Morgan fingerprint density at radius 3 is 3.00 bits per heavy atom. The molecule has 0 saturated heterocycles. The zero-order chi connectivity index (χ0) is 17.1. The van der Waals surface area contributed by atoms with Crippen molar-refractivity contribution in [2.75, 3.05) is 13.2 Å². The second-order valence-corrected chi connectivity index (χ2v) is 5.44. The van der Waals surface area contributed by atoms with Crippen molar-refractivity contribution < 1.29 is 18.8 Å². The fraction of sp³-hybridized carbons (Fsp3) is 0.353. The van der Waals surface area contributed by atoms with Gasteiger partial charge in [0.1, 0.15) is 12.6 Å². The molecule has 0 aliphatic carbocycles. The molecular formula is C17H19N3O4. The molecule has 7 nitrogen and oxygen atoms in total. The minimum atomic E-state index is -0.379. The SMILES string of the molecule is CCOc1cccc2c1OCC(C(=O)N[C@@H](C)c1nc(C)no1)=C2. The normalized spacial score (nSPS) is 14.2. The zero-order valence-corrected chi connectivity index (χ0v) is 13.8. The highest BCUT2D eigenvalue weighted by atomic mass is 16.5. The summed E-state index contributed by atoms with van der Waals surface area (Å²) in [5.74, 6) is 2.02. The molecular weight excluding hydrogens is 310 g/mol. The van der Waals surface area contributed by atoms with Crippen LogP contribution in [0.5, 0.6) is 11.5 Å². The largest absolute Gasteiger partial charge is 0.490 e. The summed E-state index contributed by atoms with van der Waals surface area (Å²) in [4.78, 5) is 16.5. The minimum absolute atomic E-state index is 0.179. The first-order chi connectivity index (χ1) is 11.6. The summed E-state index contributed by atoms with van der Waals surface area (Å²) in [5.41, 5.74) is 1.35. The summed E-state index contributed by atoms with van der Waals surface area (Å²) in [7, 11) is 0. The molecule has 0 fully saturated rings. The molecule has 1 N–H and O–H groups in total. The average molecular weight is 329 g/mol. The number of ether oxygens (including phenoxy) is 2. The van der Waals surface area contributed by atoms with E-state index in [4.69, 9.17) is 14.0 Å². The van der Waals surface area contributed by atoms with Crippen LogP contribution in [0.2, 0.25) is 0 Å². The number of hydrogen-bond acceptors (Lipinski definition) is 6. The maximum atomic E-state index is 12.4. The summed E-state index contributed by atoms with van der Waals surface area (Å²) in [6, 6.07) is 5.22. The van der Waals surface area contributed by atoms with E-state index in [9.17, 15) is 4.79 Å². The van der Waals surface area contributed by atoms with Gasteiger partial charge in [-0.25, -0.2) is 0 Å². The lowest BCUT2D eigenvalue weighted by Gasteiger charge is -2.20. The van der Waals surface area contributed by atoms with Crippen LogP contribution < -0.4 is 14.8 Å². The maximum absolute atomic E-state index is 12.4. The van der Waals surface area contributed by atoms with Crippen LogP contribution in [0.4, 0.5) is 0 Å². The van der Waals surface area contributed by atoms with E-state index in [2.05, 4.69) is 15.5 Å². The maximum Gasteiger partial charge on any atom is 0.251 e. The smallest absolute Gasteiger partial charge is 0.251 e. The molecule has 7 heteroatoms. The van der Waals surface area contributed by atoms with Crippen molar-refractivity contribution in [2.45, 2.75) is 26.8 Å². The van der Waals surface area contributed by atoms with Crippen LogP contribution in [-0.4, -0.2) is 29.3 Å². The number of benzene rings is 1. The fourth-order valence-electron chi connectivity index (χ4n) is 2.42. The molecule has 0 saturated carbocycles. The summed E-state index contributed by atoms with van der Waals surface area (Å²) in [6.07, 6.45) is 1.81. The van der Waals surface area contributed by atoms with Crippen molar-refractivity contribution in [1.82, 2.24) is 15.5 Å². The number of aromatic nitrogens is 2. The van der Waals surface area contributed by atoms with Crippen LogP contribution in [0.25, 0.3) is 6.08 Å². The number of para-hydroxylation sites is 1. The molecule has 0 spiro atoms. The number of carbonyl (C=O) groups is 1. The number of nitrogens with one attached hydrogen (secondary N) is 1. The van der Waals surface area contributed by atoms with Crippen LogP contribution in [0.15, 0.2) is 28.3 Å². The third-order valence-electron chi connectivity index (χ3n) is 3.56. The Hall–Kier alpha value is -2.83. The average Bonchev–Trinajstić information content (AvgIpc) is 3.01. The van der Waals surface area contributed by atoms with Gasteiger partial charge in [-0.3, -0.25) is 4.79 Å². The van der Waals surface area contributed by atoms with Gasteiger partial charge >= 0.3 is 0 Å². The van der Waals surface area contributed by atoms with Crippen molar-refractivity contribution in [1.29, 1.82) is 0 Å². The van der Waals surface area contributed by atoms with Gasteiger partial charge in [-0.15, -0.1) is 0 Å². The highest BCUT2D eigenvalue weighted by Gasteiger charge is 2.23. The van der Waals surface area contributed by atoms with E-state index in [1.807, 2.05) is 31.2 Å². The van der Waals surface area contributed by atoms with Crippen LogP contribution in [-0.2, 0) is 4.79 Å². The Bertz CT molecular complexity index is 782. The zero-order valence-electron chi connectivity index (χ0n) is 13.8. The van der Waals surface area contributed by atoms with Gasteiger partial charge in [-0.05, 0) is 32.9 Å². The van der Waals surface area contributed by atoms with E-state index in [0.717, 1.165) is 5.56 Å². The monoisotopic (exact) mass is 329 g/mol. The van der Waals surface area contributed by atoms with Gasteiger partial charge in [0.15, 0.2) is 17.3 Å². The number of aryl methyl sites for hydroxylation is 1. The Balaban J connectivity index is 1.75. The highest BCUT2D eigenvalue weighted by molar-refractivity contribution is 5.99. The first-order valence-corrected chi connectivity index (χ1v) is 7.78. The molecule has 0 radical (unpaired) electrons. The Labute approximate surface area is 139 Å². The van der Waals surface area contributed by atoms with Crippen LogP contribution in [0.3, 0.4) is 0 Å². The highest BCUT2D eigenvalue weighted by Crippen LogP contribution is 2.35. The van der Waals surface area contributed by atoms with Crippen LogP contribution in [0.1, 0.15) is 37.2 Å². The van der Waals surface area contributed by atoms with Gasteiger partial charge in [-0.1, -0.05) is 17.3 Å². The molecule has 0 unspecified atom stereocenters. The summed E-state index contributed by atoms with van der Waals surface area (Å²) < 4.78 is 16.3. The van der Waals surface area contributed by atoms with Crippen LogP contribution in [0, 0.1) is 6.92 Å². The van der Waals surface area contributed by atoms with Gasteiger partial charge in [0, 0.05) is 5.56 Å². The second kappa shape index (κ2) is 6.74. The second-order valence-electron chi connectivity index (χ2n) is 5.44. The number of carbonyl (C=O) groups excluding carboxylic acids is 1. The van der Waals surface area contributed by atoms with Crippen molar-refractivity contribution in [3.8, 4) is 11.5 Å². The number of fused-ring (bicyclic) bond motifs is 1. The fourth-order valence-corrected chi connectivity index (χ4v) is 2.42. The molecule has 1 aromatic carbocycles. The predicted octanol–water partition coefficient (Wildman–Crippen LogP) is 2.43. The van der Waals surface area contributed by atoms with E-state index in [0.29, 0.717) is 35.4 Å². The first-order valence-electron chi connectivity index (χ1n) is 7.78. The lowest BCUT2D eigenvalue weighted by Crippen LogP contribution is -2.31. The van der Waals surface area contributed by atoms with E-state index in [1.165, 1.54) is 0 Å². The quantitative estimate of drug-likeness (QED) is 0.906. The Kier molecular flexibility index (Phi) is 4.50. The van der Waals surface area contributed by atoms with E-state index in [-0.39, 0.29) is 18.6 Å². The van der Waals surface area contributed by atoms with Crippen LogP contribution >= 0.6 is 0 Å². The Morgan fingerprint density at radius 2 is 2.29 bits per heavy atom. The molecule has 1 aromatic heterocycles. The van der Waals surface area contributed by atoms with Gasteiger partial charge in [0.2, 0.25) is 5.89 Å². The number of nitrogens with zero attached hydrogens (tertiary/aromatic N) is 2. The van der Waals surface area contributed by atoms with Crippen molar-refractivity contribution in [2.24, 2.45) is 0 Å². The molecule has 2 heterocycles. The topological polar surface area (TPSA) is 86.5 Å². The van der Waals surface area contributed by atoms with Gasteiger partial charge < -0.3 is 19.3 Å². The third-order valence-corrected chi connectivity index (χ3v) is 3.56. The minimum Gasteiger partial charge on any atom is -0.490 e. The molecule has 0 bridgehead atoms. The number of rotatable bonds is 5. The summed E-state index contributed by atoms with van der Waals surface area (Å²) >= 11 is 0. The third kappa shape index (κ3) is 3.24. The first kappa shape index (κ1) is 16.0. The molecule has 1 aliphatic rings. The van der Waals surface area contributed by atoms with E-state index >= 15 is 0 Å². The van der Waals surface area contributed by atoms with E-state index in [1.54, 1.807) is 13.8 Å². The lowest BCUT2D eigenvalue weighted by molar-refractivity contribution is -0.118. The number of amides is 1. The van der Waals surface area contributed by atoms with Gasteiger partial charge in [-0.2, -0.15) is 4.98 Å². The molecule has 3 rings (SSSR count). The summed E-state index contributed by atoms with van der Waals surface area (Å²) in [5, 5.41) is 6.56. The molecule has 1 atom stereocenters. The van der Waals surface area contributed by atoms with Gasteiger partial charge in [0.05, 0.1) is 12.2 Å². The lowest BCUT2D eigenvalue weighted by atomic mass is 10.1. The molecule has 2 aromatic rings. The molecule has 126 valence electrons. The van der Waals surface area contributed by atoms with E-state index < -0.39 is 0 Å². The predicted molar refractivity (Wildman–Crippen MR) is 86.7 cm³/mol. The molecule has 1 amide bonds. The summed E-state index contributed by atoms with van der Waals surface area (Å²) in [6.45, 7) is 6.16. The van der Waals surface area contributed by atoms with Gasteiger partial charge in [0.25, 0.3) is 5.91 Å². The van der Waals surface area contributed by atoms with Crippen molar-refractivity contribution >= 4 is 12.0 Å². The molecule has 24 heavy (non-hydrogen) atoms. The van der Waals surface area contributed by atoms with Crippen molar-refractivity contribution in [3.05, 3.63) is 41.1 Å². The standard InChI is InChI=1S/C17H19N3O4/c1-4-22-14-7-5-6-12-8-13(9-23-15(12)14)16(21)18-10(2)17-19-11(3)20-24-17/h5-8,10H,4,9H2,1-3H3,(H,18,21)/t10-/m0/s1. The molecule has 1 aliphatic heterocycles. The Morgan fingerprint density at radius 1 is 1.46 bits per heavy atom. The van der Waals surface area contributed by atoms with Crippen molar-refractivity contribution in [3.63, 3.8) is 0 Å². The number of hydrogen-bond donors (Lipinski definition) is 1.